The van der Waals surface area contributed by atoms with Crippen LogP contribution in [-0.2, 0) is 9.47 Å². The molecule has 1 aliphatic heterocycles. The fourth-order valence-electron chi connectivity index (χ4n) is 4.25. The topological polar surface area (TPSA) is 58.1 Å². The molecule has 2 unspecified atom stereocenters. The molecule has 6 heteroatoms. The Balaban J connectivity index is 1.49. The van der Waals surface area contributed by atoms with Crippen LogP contribution < -0.4 is 10.6 Å². The van der Waals surface area contributed by atoms with E-state index in [4.69, 9.17) is 14.5 Å². The van der Waals surface area contributed by atoms with Gasteiger partial charge in [0.1, 0.15) is 0 Å². The zero-order chi connectivity index (χ0) is 16.8. The van der Waals surface area contributed by atoms with Gasteiger partial charge < -0.3 is 20.1 Å². The van der Waals surface area contributed by atoms with Crippen LogP contribution in [0.15, 0.2) is 4.99 Å². The molecule has 3 rings (SSSR count). The van der Waals surface area contributed by atoms with Crippen LogP contribution in [0.3, 0.4) is 0 Å². The molecule has 2 N–H and O–H groups in total. The average molecular weight is 338 g/mol. The second-order valence-corrected chi connectivity index (χ2v) is 7.18. The van der Waals surface area contributed by atoms with Gasteiger partial charge in [0.15, 0.2) is 5.96 Å². The maximum absolute atomic E-state index is 5.95. The molecule has 0 aromatic heterocycles. The summed E-state index contributed by atoms with van der Waals surface area (Å²) in [5.74, 6) is 0.969. The summed E-state index contributed by atoms with van der Waals surface area (Å²) < 4.78 is 11.3. The van der Waals surface area contributed by atoms with Crippen molar-refractivity contribution in [2.75, 3.05) is 52.5 Å². The molecule has 0 amide bonds. The third kappa shape index (κ3) is 3.86. The summed E-state index contributed by atoms with van der Waals surface area (Å²) >= 11 is 0. The van der Waals surface area contributed by atoms with Crippen LogP contribution in [0.1, 0.15) is 39.5 Å². The Morgan fingerprint density at radius 3 is 2.71 bits per heavy atom. The van der Waals surface area contributed by atoms with Crippen molar-refractivity contribution >= 4 is 5.96 Å². The van der Waals surface area contributed by atoms with Crippen molar-refractivity contribution in [1.29, 1.82) is 0 Å². The largest absolute Gasteiger partial charge is 0.379 e. The number of rotatable bonds is 7. The Hall–Kier alpha value is -0.850. The summed E-state index contributed by atoms with van der Waals surface area (Å²) in [5.41, 5.74) is 0.371. The monoisotopic (exact) mass is 338 g/mol. The minimum Gasteiger partial charge on any atom is -0.379 e. The van der Waals surface area contributed by atoms with E-state index in [1.54, 1.807) is 0 Å². The zero-order valence-electron chi connectivity index (χ0n) is 15.4. The van der Waals surface area contributed by atoms with Gasteiger partial charge in [-0.1, -0.05) is 6.42 Å². The Kier molecular flexibility index (Phi) is 6.36. The van der Waals surface area contributed by atoms with Crippen molar-refractivity contribution in [3.05, 3.63) is 0 Å². The predicted molar refractivity (Wildman–Crippen MR) is 96.5 cm³/mol. The van der Waals surface area contributed by atoms with E-state index < -0.39 is 0 Å². The van der Waals surface area contributed by atoms with Crippen LogP contribution in [0.25, 0.3) is 0 Å². The molecule has 6 nitrogen and oxygen atoms in total. The SMILES string of the molecule is CCNC(=NCCN1CCOCC1)NC1CC(OCC)C12CCC2. The van der Waals surface area contributed by atoms with Crippen molar-refractivity contribution in [2.45, 2.75) is 51.7 Å². The third-order valence-corrected chi connectivity index (χ3v) is 5.88. The second kappa shape index (κ2) is 8.50. The molecule has 1 heterocycles. The number of morpholine rings is 1. The molecule has 2 saturated carbocycles. The average Bonchev–Trinajstić information content (AvgIpc) is 2.53. The molecule has 3 aliphatic rings. The Morgan fingerprint density at radius 1 is 1.29 bits per heavy atom. The standard InChI is InChI=1S/C18H34N4O2/c1-3-19-17(20-8-9-22-10-12-23-13-11-22)21-15-14-16(24-4-2)18(15)6-5-7-18/h15-16H,3-14H2,1-2H3,(H2,19,20,21). The van der Waals surface area contributed by atoms with Gasteiger partial charge >= 0.3 is 0 Å². The number of guanidine groups is 1. The molecule has 0 bridgehead atoms. The highest BCUT2D eigenvalue weighted by molar-refractivity contribution is 5.80. The predicted octanol–water partition coefficient (Wildman–Crippen LogP) is 1.22. The van der Waals surface area contributed by atoms with E-state index in [1.165, 1.54) is 19.3 Å². The molecule has 3 fully saturated rings. The van der Waals surface area contributed by atoms with E-state index in [2.05, 4.69) is 29.4 Å². The maximum Gasteiger partial charge on any atom is 0.191 e. The Labute approximate surface area is 146 Å². The minimum atomic E-state index is 0.371. The van der Waals surface area contributed by atoms with Crippen molar-refractivity contribution in [3.8, 4) is 0 Å². The molecule has 2 aliphatic carbocycles. The number of ether oxygens (including phenoxy) is 2. The highest BCUT2D eigenvalue weighted by Gasteiger charge is 2.59. The maximum atomic E-state index is 5.95. The highest BCUT2D eigenvalue weighted by Crippen LogP contribution is 2.57. The first-order valence-corrected chi connectivity index (χ1v) is 9.75. The normalized spacial score (nSPS) is 29.8. The molecule has 138 valence electrons. The molecular weight excluding hydrogens is 304 g/mol. The van der Waals surface area contributed by atoms with Gasteiger partial charge in [-0.3, -0.25) is 9.89 Å². The van der Waals surface area contributed by atoms with Crippen LogP contribution in [0.2, 0.25) is 0 Å². The second-order valence-electron chi connectivity index (χ2n) is 7.18. The van der Waals surface area contributed by atoms with Crippen molar-refractivity contribution in [1.82, 2.24) is 15.5 Å². The molecule has 2 atom stereocenters. The summed E-state index contributed by atoms with van der Waals surface area (Å²) in [6.07, 6.45) is 5.49. The first-order chi connectivity index (χ1) is 11.8. The molecule has 0 radical (unpaired) electrons. The first-order valence-electron chi connectivity index (χ1n) is 9.75. The smallest absolute Gasteiger partial charge is 0.191 e. The lowest BCUT2D eigenvalue weighted by molar-refractivity contribution is -0.168. The number of nitrogens with zero attached hydrogens (tertiary/aromatic N) is 2. The summed E-state index contributed by atoms with van der Waals surface area (Å²) in [7, 11) is 0. The minimum absolute atomic E-state index is 0.371. The van der Waals surface area contributed by atoms with E-state index in [-0.39, 0.29) is 0 Å². The quantitative estimate of drug-likeness (QED) is 0.540. The lowest BCUT2D eigenvalue weighted by Crippen LogP contribution is -2.68. The van der Waals surface area contributed by atoms with E-state index in [9.17, 15) is 0 Å². The summed E-state index contributed by atoms with van der Waals surface area (Å²) in [4.78, 5) is 7.22. The van der Waals surface area contributed by atoms with E-state index in [0.717, 1.165) is 64.9 Å². The van der Waals surface area contributed by atoms with Crippen LogP contribution in [0.4, 0.5) is 0 Å². The van der Waals surface area contributed by atoms with Gasteiger partial charge in [0.2, 0.25) is 0 Å². The summed E-state index contributed by atoms with van der Waals surface area (Å²) in [6.45, 7) is 11.6. The Morgan fingerprint density at radius 2 is 2.08 bits per heavy atom. The summed E-state index contributed by atoms with van der Waals surface area (Å²) in [6, 6.07) is 0.518. The fraction of sp³-hybridized carbons (Fsp3) is 0.944. The lowest BCUT2D eigenvalue weighted by Gasteiger charge is -2.61. The van der Waals surface area contributed by atoms with E-state index in [0.29, 0.717) is 17.6 Å². The molecule has 0 aromatic carbocycles. The zero-order valence-corrected chi connectivity index (χ0v) is 15.4. The van der Waals surface area contributed by atoms with Gasteiger partial charge in [0, 0.05) is 44.2 Å². The van der Waals surface area contributed by atoms with Gasteiger partial charge in [0.25, 0.3) is 0 Å². The molecular formula is C18H34N4O2. The number of hydrogen-bond donors (Lipinski definition) is 2. The molecule has 0 aromatic rings. The molecule has 1 spiro atoms. The van der Waals surface area contributed by atoms with Crippen LogP contribution in [0, 0.1) is 5.41 Å². The van der Waals surface area contributed by atoms with Gasteiger partial charge in [-0.15, -0.1) is 0 Å². The van der Waals surface area contributed by atoms with Crippen LogP contribution in [-0.4, -0.2) is 75.5 Å². The van der Waals surface area contributed by atoms with Gasteiger partial charge in [-0.05, 0) is 33.1 Å². The number of aliphatic imine (C=N–C) groups is 1. The van der Waals surface area contributed by atoms with Crippen molar-refractivity contribution < 1.29 is 9.47 Å². The van der Waals surface area contributed by atoms with Gasteiger partial charge in [-0.2, -0.15) is 0 Å². The van der Waals surface area contributed by atoms with Crippen molar-refractivity contribution in [2.24, 2.45) is 10.4 Å². The van der Waals surface area contributed by atoms with E-state index in [1.807, 2.05) is 0 Å². The van der Waals surface area contributed by atoms with Crippen LogP contribution >= 0.6 is 0 Å². The number of hydrogen-bond acceptors (Lipinski definition) is 4. The van der Waals surface area contributed by atoms with Gasteiger partial charge in [-0.25, -0.2) is 0 Å². The Bertz CT molecular complexity index is 419. The molecule has 1 saturated heterocycles. The fourth-order valence-corrected chi connectivity index (χ4v) is 4.25. The van der Waals surface area contributed by atoms with Crippen molar-refractivity contribution in [3.63, 3.8) is 0 Å². The van der Waals surface area contributed by atoms with Crippen LogP contribution in [0.5, 0.6) is 0 Å². The number of nitrogens with one attached hydrogen (secondary N) is 2. The van der Waals surface area contributed by atoms with E-state index >= 15 is 0 Å². The lowest BCUT2D eigenvalue weighted by atomic mass is 9.51. The van der Waals surface area contributed by atoms with Gasteiger partial charge in [0.05, 0.1) is 25.9 Å². The first kappa shape index (κ1) is 18.0. The summed E-state index contributed by atoms with van der Waals surface area (Å²) in [5, 5.41) is 7.10. The highest BCUT2D eigenvalue weighted by atomic mass is 16.5. The third-order valence-electron chi connectivity index (χ3n) is 5.88. The molecule has 24 heavy (non-hydrogen) atoms.